The summed E-state index contributed by atoms with van der Waals surface area (Å²) < 4.78 is 57.0. The molecule has 0 aromatic heterocycles. The first-order valence-electron chi connectivity index (χ1n) is 34.3. The number of halogens is 5. The largest absolute Gasteiger partial charge is 0.417 e. The molecule has 1 aliphatic carbocycles. The highest BCUT2D eigenvalue weighted by Crippen LogP contribution is 2.37. The number of fused-ring (bicyclic) bond motifs is 1. The number of nitrogens with zero attached hydrogens (tertiary/aromatic N) is 9. The van der Waals surface area contributed by atoms with Crippen molar-refractivity contribution >= 4 is 82.5 Å². The molecule has 1 spiro atoms. The number of nitrogens with one attached hydrogen (secondary N) is 3. The maximum atomic E-state index is 15.5. The van der Waals surface area contributed by atoms with Crippen LogP contribution in [-0.4, -0.2) is 251 Å². The summed E-state index contributed by atoms with van der Waals surface area (Å²) in [5.41, 5.74) is -2.46. The lowest BCUT2D eigenvalue weighted by atomic mass is 9.91. The Morgan fingerprint density at radius 1 is 0.657 bits per heavy atom. The minimum Gasteiger partial charge on any atom is -0.343 e. The van der Waals surface area contributed by atoms with E-state index in [4.69, 9.17) is 11.6 Å². The number of alkyl halides is 3. The summed E-state index contributed by atoms with van der Waals surface area (Å²) in [5, 5.41) is 7.90. The second-order valence-electron chi connectivity index (χ2n) is 28.1. The summed E-state index contributed by atoms with van der Waals surface area (Å²) in [6.07, 6.45) is -1.98. The lowest BCUT2D eigenvalue weighted by molar-refractivity contribution is -0.156. The van der Waals surface area contributed by atoms with Crippen LogP contribution < -0.4 is 16.0 Å². The van der Waals surface area contributed by atoms with Crippen molar-refractivity contribution in [2.75, 3.05) is 88.6 Å². The van der Waals surface area contributed by atoms with Crippen molar-refractivity contribution in [3.8, 4) is 0 Å². The van der Waals surface area contributed by atoms with Crippen molar-refractivity contribution in [1.82, 2.24) is 60.0 Å². The summed E-state index contributed by atoms with van der Waals surface area (Å²) >= 11 is 6.12. The van der Waals surface area contributed by atoms with Gasteiger partial charge in [-0.1, -0.05) is 96.7 Å². The number of aryl methyl sites for hydroxylation is 1. The molecule has 4 fully saturated rings. The lowest BCUT2D eigenvalue weighted by Crippen LogP contribution is -2.65. The second-order valence-corrected chi connectivity index (χ2v) is 28.5. The standard InChI is InChI=1S/C70H101ClF4N12O12/c1-14-44(6)59-66(97)81(9)40-57(90)79(7)41-58(91)83(11)53(37-46-23-16-17-24-49(46)72)64(95)80(8)39-55(88)76-50(29-27-45-26-28-47(48(71)36-45)70(73,74)75)63(94)87-34-22-25-51(87)62(93)78-69(30-18-19-31-69)68(99)85(13)60(43(4)5)67(98)84(12)54(65(96)86-32-20-15-21-33-86)38-56(89)82(10)52(35-42(2)3)61(92)77-59/h16-17,23-24,26,28,36,42-44,50-54,59-60H,14-15,18-22,25,27,29-35,37-41H2,1-13H3,(H,76,88)(H,77,92)(H,78,93)/t44-,50-,51-,52-,53-,54-,59-,60-/m0/s1. The van der Waals surface area contributed by atoms with Gasteiger partial charge < -0.3 is 60.0 Å². The van der Waals surface area contributed by atoms with Gasteiger partial charge in [0.15, 0.2) is 0 Å². The van der Waals surface area contributed by atoms with Gasteiger partial charge in [0.05, 0.1) is 36.6 Å². The Balaban J connectivity index is 1.43. The molecule has 4 aliphatic rings. The van der Waals surface area contributed by atoms with Crippen LogP contribution in [0.3, 0.4) is 0 Å². The SMILES string of the molecule is CC[C@H](C)[C@@H]1NC(=O)[C@H](CC(C)C)N(C)C(=O)C[C@@H](C(=O)N2CCCCC2)N(C)C(=O)[C@H](C(C)C)N(C)C(=O)C2(CCCC2)NC(=O)[C@@H]2CCCN2C(=O)[C@H](CCc2ccc(C(F)(F)F)c(Cl)c2)NC(=O)CN(C)C(=O)[C@H](Cc2ccccc2F)N(C)C(=O)CN(C)C(=O)CN(C)C1=O. The number of likely N-dealkylation sites (tertiary alicyclic amines) is 1. The van der Waals surface area contributed by atoms with Gasteiger partial charge in [0.1, 0.15) is 53.6 Å². The number of hydrogen-bond donors (Lipinski definition) is 3. The molecular formula is C70H101ClF4N12O12. The second kappa shape index (κ2) is 34.9. The quantitative estimate of drug-likeness (QED) is 0.253. The highest BCUT2D eigenvalue weighted by Gasteiger charge is 2.51. The van der Waals surface area contributed by atoms with E-state index < -0.39 is 186 Å². The minimum atomic E-state index is -4.79. The van der Waals surface area contributed by atoms with Crippen molar-refractivity contribution in [3.63, 3.8) is 0 Å². The Bertz CT molecular complexity index is 3290. The first-order chi connectivity index (χ1) is 46.4. The van der Waals surface area contributed by atoms with Crippen LogP contribution in [0.4, 0.5) is 17.6 Å². The third-order valence-corrected chi connectivity index (χ3v) is 20.3. The van der Waals surface area contributed by atoms with E-state index in [1.54, 1.807) is 32.6 Å². The number of rotatable bonds is 11. The van der Waals surface area contributed by atoms with Crippen LogP contribution in [0.1, 0.15) is 142 Å². The van der Waals surface area contributed by atoms with E-state index in [0.29, 0.717) is 45.2 Å². The lowest BCUT2D eigenvalue weighted by Gasteiger charge is -2.42. The smallest absolute Gasteiger partial charge is 0.343 e. The van der Waals surface area contributed by atoms with Crippen LogP contribution in [-0.2, 0) is 76.6 Å². The molecule has 2 aromatic carbocycles. The molecular weight excluding hydrogens is 1310 g/mol. The van der Waals surface area contributed by atoms with Gasteiger partial charge in [0.2, 0.25) is 70.9 Å². The van der Waals surface area contributed by atoms with Crippen LogP contribution in [0.15, 0.2) is 42.5 Å². The first kappa shape index (κ1) is 80.1. The van der Waals surface area contributed by atoms with E-state index in [0.717, 1.165) is 44.2 Å². The summed E-state index contributed by atoms with van der Waals surface area (Å²) in [7, 11) is 9.33. The number of piperidine rings is 1. The summed E-state index contributed by atoms with van der Waals surface area (Å²) in [5.74, 6) is -10.9. The van der Waals surface area contributed by atoms with Gasteiger partial charge in [-0.3, -0.25) is 57.5 Å². The molecule has 1 saturated carbocycles. The number of benzene rings is 2. The number of likely N-dealkylation sites (N-methyl/N-ethyl adjacent to an activating group) is 7. The molecule has 3 heterocycles. The van der Waals surface area contributed by atoms with E-state index in [-0.39, 0.29) is 68.5 Å². The van der Waals surface area contributed by atoms with E-state index in [9.17, 15) is 56.3 Å². The Morgan fingerprint density at radius 2 is 1.27 bits per heavy atom. The Kier molecular flexibility index (Phi) is 28.2. The molecule has 29 heteroatoms. The monoisotopic (exact) mass is 1410 g/mol. The number of hydrogen-bond acceptors (Lipinski definition) is 12. The van der Waals surface area contributed by atoms with Crippen LogP contribution in [0.2, 0.25) is 5.02 Å². The molecule has 0 unspecified atom stereocenters. The Morgan fingerprint density at radius 3 is 1.87 bits per heavy atom. The molecule has 8 atom stereocenters. The fourth-order valence-corrected chi connectivity index (χ4v) is 14.0. The molecule has 6 rings (SSSR count). The van der Waals surface area contributed by atoms with Gasteiger partial charge in [0, 0.05) is 75.4 Å². The molecule has 548 valence electrons. The van der Waals surface area contributed by atoms with Crippen LogP contribution >= 0.6 is 11.6 Å². The van der Waals surface area contributed by atoms with Crippen LogP contribution in [0, 0.1) is 23.6 Å². The molecule has 12 amide bonds. The van der Waals surface area contributed by atoms with E-state index in [1.807, 2.05) is 13.8 Å². The topological polar surface area (TPSA) is 270 Å². The predicted molar refractivity (Wildman–Crippen MR) is 361 cm³/mol. The Labute approximate surface area is 583 Å². The highest BCUT2D eigenvalue weighted by atomic mass is 35.5. The molecule has 3 aliphatic heterocycles. The number of carbonyl (C=O) groups excluding carboxylic acids is 12. The molecule has 3 N–H and O–H groups in total. The summed E-state index contributed by atoms with van der Waals surface area (Å²) in [6, 6.07) is -0.938. The van der Waals surface area contributed by atoms with Gasteiger partial charge in [-0.25, -0.2) is 4.39 Å². The summed E-state index contributed by atoms with van der Waals surface area (Å²) in [4.78, 5) is 188. The highest BCUT2D eigenvalue weighted by molar-refractivity contribution is 6.31. The number of amides is 12. The maximum Gasteiger partial charge on any atom is 0.417 e. The van der Waals surface area contributed by atoms with E-state index in [1.165, 1.54) is 93.2 Å². The molecule has 99 heavy (non-hydrogen) atoms. The van der Waals surface area contributed by atoms with Gasteiger partial charge in [0.25, 0.3) is 0 Å². The van der Waals surface area contributed by atoms with E-state index in [2.05, 4.69) is 16.0 Å². The van der Waals surface area contributed by atoms with Crippen molar-refractivity contribution in [1.29, 1.82) is 0 Å². The van der Waals surface area contributed by atoms with Gasteiger partial charge in [-0.15, -0.1) is 0 Å². The van der Waals surface area contributed by atoms with Crippen molar-refractivity contribution < 1.29 is 75.1 Å². The summed E-state index contributed by atoms with van der Waals surface area (Å²) in [6.45, 7) is 9.25. The Hall–Kier alpha value is -7.91. The van der Waals surface area contributed by atoms with Crippen molar-refractivity contribution in [3.05, 3.63) is 70.0 Å². The predicted octanol–water partition coefficient (Wildman–Crippen LogP) is 4.91. The zero-order chi connectivity index (χ0) is 73.7. The normalized spacial score (nSPS) is 24.9. The molecule has 3 saturated heterocycles. The van der Waals surface area contributed by atoms with Crippen molar-refractivity contribution in [2.45, 2.75) is 192 Å². The molecule has 0 radical (unpaired) electrons. The van der Waals surface area contributed by atoms with Gasteiger partial charge in [-0.2, -0.15) is 13.2 Å². The fraction of sp³-hybridized carbons (Fsp3) is 0.657. The molecule has 0 bridgehead atoms. The van der Waals surface area contributed by atoms with E-state index >= 15 is 18.8 Å². The van der Waals surface area contributed by atoms with Gasteiger partial charge >= 0.3 is 6.18 Å². The fourth-order valence-electron chi connectivity index (χ4n) is 13.7. The molecule has 2 aromatic rings. The average molecular weight is 1410 g/mol. The zero-order valence-corrected chi connectivity index (χ0v) is 60.2. The first-order valence-corrected chi connectivity index (χ1v) is 34.7. The number of carbonyl (C=O) groups is 12. The minimum absolute atomic E-state index is 0.00771. The van der Waals surface area contributed by atoms with Crippen LogP contribution in [0.25, 0.3) is 0 Å². The average Bonchev–Trinajstić information content (AvgIpc) is 1.71. The third kappa shape index (κ3) is 20.0. The third-order valence-electron chi connectivity index (χ3n) is 20.0. The van der Waals surface area contributed by atoms with Crippen molar-refractivity contribution in [2.24, 2.45) is 17.8 Å². The van der Waals surface area contributed by atoms with Crippen LogP contribution in [0.5, 0.6) is 0 Å². The van der Waals surface area contributed by atoms with Gasteiger partial charge in [-0.05, 0) is 111 Å². The molecule has 24 nitrogen and oxygen atoms in total. The maximum absolute atomic E-state index is 15.5. The zero-order valence-electron chi connectivity index (χ0n) is 59.5.